The number of fused-ring (bicyclic) bond motifs is 1. The fraction of sp³-hybridized carbons (Fsp3) is 0.276. The lowest BCUT2D eigenvalue weighted by Crippen LogP contribution is -2.11. The zero-order valence-corrected chi connectivity index (χ0v) is 19.2. The molecule has 31 heavy (non-hydrogen) atoms. The molecule has 4 rings (SSSR count). The lowest BCUT2D eigenvalue weighted by Gasteiger charge is -2.19. The highest BCUT2D eigenvalue weighted by atomic mass is 14.7. The first kappa shape index (κ1) is 21.4. The molecule has 0 saturated carbocycles. The minimum Gasteiger partial charge on any atom is -0.264 e. The summed E-state index contributed by atoms with van der Waals surface area (Å²) in [7, 11) is 6.28. The Morgan fingerprint density at radius 1 is 0.806 bits per heavy atom. The summed E-state index contributed by atoms with van der Waals surface area (Å²) in [6.45, 7) is 11.3. The van der Waals surface area contributed by atoms with Crippen LogP contribution in [0.3, 0.4) is 0 Å². The normalized spacial score (nSPS) is 11.9. The zero-order valence-electron chi connectivity index (χ0n) is 19.2. The first-order chi connectivity index (χ1) is 14.7. The van der Waals surface area contributed by atoms with Crippen LogP contribution < -0.4 is 5.59 Å². The summed E-state index contributed by atoms with van der Waals surface area (Å²) in [6, 6.07) is 26.1. The van der Waals surface area contributed by atoms with Crippen LogP contribution in [0.1, 0.15) is 51.7 Å². The molecule has 154 valence electrons. The topological polar surface area (TPSA) is 12.9 Å². The Morgan fingerprint density at radius 2 is 1.52 bits per heavy atom. The van der Waals surface area contributed by atoms with Gasteiger partial charge in [0.15, 0.2) is 0 Å². The van der Waals surface area contributed by atoms with Crippen LogP contribution in [-0.2, 0) is 6.42 Å². The molecule has 0 bridgehead atoms. The van der Waals surface area contributed by atoms with Gasteiger partial charge in [-0.2, -0.15) is 0 Å². The Labute approximate surface area is 188 Å². The summed E-state index contributed by atoms with van der Waals surface area (Å²) in [5, 5.41) is 2.30. The van der Waals surface area contributed by atoms with E-state index in [1.165, 1.54) is 22.3 Å². The maximum atomic E-state index is 6.28. The smallest absolute Gasteiger partial charge is 0.141 e. The SMILES string of the molecule is [B]c1cc2cc(CC(C)(C)C)ccc2c(-c2cc(-c3ccccc3)cc(C(C)C)c2)n1. The van der Waals surface area contributed by atoms with E-state index in [0.717, 1.165) is 28.5 Å². The number of benzene rings is 3. The predicted molar refractivity (Wildman–Crippen MR) is 135 cm³/mol. The fourth-order valence-electron chi connectivity index (χ4n) is 4.19. The third kappa shape index (κ3) is 4.90. The second-order valence-electron chi connectivity index (χ2n) is 10.1. The van der Waals surface area contributed by atoms with Gasteiger partial charge in [0.05, 0.1) is 5.69 Å². The van der Waals surface area contributed by atoms with Gasteiger partial charge in [-0.15, -0.1) is 0 Å². The van der Waals surface area contributed by atoms with Crippen molar-refractivity contribution in [3.63, 3.8) is 0 Å². The predicted octanol–water partition coefficient (Wildman–Crippen LogP) is 7.07. The molecular formula is C29H30BN. The van der Waals surface area contributed by atoms with Crippen LogP contribution in [-0.4, -0.2) is 12.8 Å². The molecule has 0 aliphatic carbocycles. The molecule has 4 aromatic rings. The largest absolute Gasteiger partial charge is 0.264 e. The number of hydrogen-bond donors (Lipinski definition) is 0. The number of aromatic nitrogens is 1. The van der Waals surface area contributed by atoms with Gasteiger partial charge in [0.2, 0.25) is 0 Å². The molecule has 0 atom stereocenters. The fourth-order valence-corrected chi connectivity index (χ4v) is 4.19. The molecule has 0 spiro atoms. The molecule has 0 saturated heterocycles. The number of nitrogens with zero attached hydrogens (tertiary/aromatic N) is 1. The number of pyridine rings is 1. The summed E-state index contributed by atoms with van der Waals surface area (Å²) in [5.41, 5.74) is 7.94. The van der Waals surface area contributed by atoms with Gasteiger partial charge in [-0.1, -0.05) is 89.2 Å². The lowest BCUT2D eigenvalue weighted by atomic mass is 9.86. The van der Waals surface area contributed by atoms with Crippen molar-refractivity contribution in [1.29, 1.82) is 0 Å². The highest BCUT2D eigenvalue weighted by Crippen LogP contribution is 2.34. The van der Waals surface area contributed by atoms with Crippen LogP contribution >= 0.6 is 0 Å². The molecule has 0 aliphatic heterocycles. The summed E-state index contributed by atoms with van der Waals surface area (Å²) in [5.74, 6) is 0.424. The van der Waals surface area contributed by atoms with Crippen LogP contribution in [0, 0.1) is 5.41 Å². The standard InChI is InChI=1S/C29H30BN/c1-19(2)22-14-23(21-9-7-6-8-10-21)16-25(15-22)28-26-12-11-20(18-29(3,4)5)13-24(26)17-27(30)31-28/h6-17,19H,18H2,1-5H3. The van der Waals surface area contributed by atoms with Gasteiger partial charge in [0.1, 0.15) is 7.85 Å². The molecule has 3 aromatic carbocycles. The minimum atomic E-state index is 0.241. The number of hydrogen-bond acceptors (Lipinski definition) is 1. The summed E-state index contributed by atoms with van der Waals surface area (Å²) in [6.07, 6.45) is 1.03. The van der Waals surface area contributed by atoms with E-state index >= 15 is 0 Å². The Hall–Kier alpha value is -2.87. The van der Waals surface area contributed by atoms with Gasteiger partial charge in [-0.05, 0) is 69.2 Å². The van der Waals surface area contributed by atoms with Gasteiger partial charge in [0.25, 0.3) is 0 Å². The summed E-state index contributed by atoms with van der Waals surface area (Å²) < 4.78 is 0. The Morgan fingerprint density at radius 3 is 2.19 bits per heavy atom. The molecule has 2 radical (unpaired) electrons. The quantitative estimate of drug-likeness (QED) is 0.332. The maximum absolute atomic E-state index is 6.28. The monoisotopic (exact) mass is 403 g/mol. The van der Waals surface area contributed by atoms with E-state index < -0.39 is 0 Å². The van der Waals surface area contributed by atoms with E-state index in [4.69, 9.17) is 12.8 Å². The van der Waals surface area contributed by atoms with E-state index in [1.54, 1.807) is 0 Å². The Bertz CT molecular complexity index is 1220. The van der Waals surface area contributed by atoms with Gasteiger partial charge < -0.3 is 0 Å². The van der Waals surface area contributed by atoms with E-state index in [1.807, 2.05) is 6.07 Å². The van der Waals surface area contributed by atoms with Crippen molar-refractivity contribution in [2.24, 2.45) is 5.41 Å². The second kappa shape index (κ2) is 8.34. The van der Waals surface area contributed by atoms with Crippen molar-refractivity contribution in [3.8, 4) is 22.4 Å². The van der Waals surface area contributed by atoms with Gasteiger partial charge in [-0.3, -0.25) is 4.98 Å². The highest BCUT2D eigenvalue weighted by molar-refractivity contribution is 6.32. The highest BCUT2D eigenvalue weighted by Gasteiger charge is 2.15. The van der Waals surface area contributed by atoms with Crippen LogP contribution in [0.15, 0.2) is 72.8 Å². The van der Waals surface area contributed by atoms with Crippen molar-refractivity contribution in [3.05, 3.63) is 83.9 Å². The number of rotatable bonds is 4. The Kier molecular flexibility index (Phi) is 5.75. The molecule has 1 nitrogen and oxygen atoms in total. The van der Waals surface area contributed by atoms with Crippen molar-refractivity contribution >= 4 is 24.2 Å². The third-order valence-corrected chi connectivity index (χ3v) is 5.65. The molecule has 0 aliphatic rings. The molecule has 1 aromatic heterocycles. The minimum absolute atomic E-state index is 0.241. The summed E-state index contributed by atoms with van der Waals surface area (Å²) >= 11 is 0. The van der Waals surface area contributed by atoms with Crippen molar-refractivity contribution in [2.75, 3.05) is 0 Å². The third-order valence-electron chi connectivity index (χ3n) is 5.65. The van der Waals surface area contributed by atoms with Crippen molar-refractivity contribution < 1.29 is 0 Å². The molecule has 0 fully saturated rings. The van der Waals surface area contributed by atoms with Gasteiger partial charge in [-0.25, -0.2) is 0 Å². The molecule has 2 heteroatoms. The van der Waals surface area contributed by atoms with E-state index in [-0.39, 0.29) is 5.41 Å². The average Bonchev–Trinajstić information content (AvgIpc) is 2.72. The molecule has 0 amide bonds. The molecule has 0 unspecified atom stereocenters. The first-order valence-corrected chi connectivity index (χ1v) is 11.1. The zero-order chi connectivity index (χ0) is 22.2. The van der Waals surface area contributed by atoms with Crippen LogP contribution in [0.5, 0.6) is 0 Å². The Balaban J connectivity index is 1.90. The van der Waals surface area contributed by atoms with Crippen LogP contribution in [0.25, 0.3) is 33.2 Å². The van der Waals surface area contributed by atoms with Gasteiger partial charge >= 0.3 is 0 Å². The van der Waals surface area contributed by atoms with Crippen LogP contribution in [0.2, 0.25) is 0 Å². The van der Waals surface area contributed by atoms with Gasteiger partial charge in [0, 0.05) is 10.9 Å². The average molecular weight is 403 g/mol. The van der Waals surface area contributed by atoms with E-state index in [2.05, 4.69) is 101 Å². The van der Waals surface area contributed by atoms with Crippen molar-refractivity contribution in [2.45, 2.75) is 47.0 Å². The lowest BCUT2D eigenvalue weighted by molar-refractivity contribution is 0.411. The van der Waals surface area contributed by atoms with E-state index in [9.17, 15) is 0 Å². The maximum Gasteiger partial charge on any atom is 0.141 e. The van der Waals surface area contributed by atoms with Crippen LogP contribution in [0.4, 0.5) is 0 Å². The molecular weight excluding hydrogens is 373 g/mol. The van der Waals surface area contributed by atoms with Crippen molar-refractivity contribution in [1.82, 2.24) is 4.98 Å². The molecule has 0 N–H and O–H groups in total. The first-order valence-electron chi connectivity index (χ1n) is 11.1. The second-order valence-corrected chi connectivity index (χ2v) is 10.1. The summed E-state index contributed by atoms with van der Waals surface area (Å²) in [4.78, 5) is 4.79. The van der Waals surface area contributed by atoms with E-state index in [0.29, 0.717) is 11.5 Å². The molecule has 1 heterocycles.